The van der Waals surface area contributed by atoms with Gasteiger partial charge in [-0.1, -0.05) is 93.9 Å². The quantitative estimate of drug-likeness (QED) is 0.256. The molecule has 1 aliphatic carbocycles. The fourth-order valence-corrected chi connectivity index (χ4v) is 11.3. The molecule has 0 aromatic heterocycles. The molecule has 0 heterocycles. The molecule has 0 amide bonds. The predicted molar refractivity (Wildman–Crippen MR) is 143 cm³/mol. The molecule has 0 saturated heterocycles. The van der Waals surface area contributed by atoms with Gasteiger partial charge in [0, 0.05) is 16.0 Å². The van der Waals surface area contributed by atoms with E-state index in [2.05, 4.69) is 87.8 Å². The number of ether oxygens (including phenoxy) is 1. The molecule has 0 radical (unpaired) electrons. The predicted octanol–water partition coefficient (Wildman–Crippen LogP) is 8.11. The van der Waals surface area contributed by atoms with Gasteiger partial charge in [-0.3, -0.25) is 4.79 Å². The highest BCUT2D eigenvalue weighted by Crippen LogP contribution is 2.47. The Morgan fingerprint density at radius 1 is 0.939 bits per heavy atom. The SMILES string of the molecule is COC(=O)[C@@H](c1ccc(Br)cc1)[C@@H]1C=C(O[Si](C(C)C)(C(C)C)C(C)C)c2ccccc2C1. The van der Waals surface area contributed by atoms with Gasteiger partial charge in [0.1, 0.15) is 5.76 Å². The van der Waals surface area contributed by atoms with E-state index in [4.69, 9.17) is 9.16 Å². The number of benzene rings is 2. The van der Waals surface area contributed by atoms with E-state index in [0.29, 0.717) is 16.6 Å². The summed E-state index contributed by atoms with van der Waals surface area (Å²) in [6.07, 6.45) is 2.99. The van der Waals surface area contributed by atoms with Crippen molar-refractivity contribution in [2.75, 3.05) is 7.11 Å². The molecule has 0 bridgehead atoms. The van der Waals surface area contributed by atoms with E-state index in [0.717, 1.165) is 27.8 Å². The van der Waals surface area contributed by atoms with Crippen LogP contribution in [-0.2, 0) is 20.4 Å². The molecule has 0 N–H and O–H groups in total. The second-order valence-corrected chi connectivity index (χ2v) is 16.3. The fraction of sp³-hybridized carbons (Fsp3) is 0.464. The van der Waals surface area contributed by atoms with Gasteiger partial charge in [0.2, 0.25) is 0 Å². The number of hydrogen-bond donors (Lipinski definition) is 0. The van der Waals surface area contributed by atoms with Crippen molar-refractivity contribution in [1.29, 1.82) is 0 Å². The largest absolute Gasteiger partial charge is 0.542 e. The first kappa shape index (κ1) is 25.8. The van der Waals surface area contributed by atoms with Gasteiger partial charge < -0.3 is 9.16 Å². The average Bonchev–Trinajstić information content (AvgIpc) is 2.77. The Labute approximate surface area is 208 Å². The van der Waals surface area contributed by atoms with Gasteiger partial charge >= 0.3 is 5.97 Å². The minimum absolute atomic E-state index is 0.0401. The summed E-state index contributed by atoms with van der Waals surface area (Å²) < 4.78 is 13.4. The van der Waals surface area contributed by atoms with Gasteiger partial charge in [-0.05, 0) is 52.4 Å². The summed E-state index contributed by atoms with van der Waals surface area (Å²) in [5, 5.41) is 0. The molecule has 2 atom stereocenters. The standard InChI is InChI=1S/C28H37BrO3Si/c1-18(2)33(19(3)4,20(5)6)32-26-17-23(16-22-10-8-9-11-25(22)26)27(28(30)31-7)21-12-14-24(29)15-13-21/h8-15,17-20,23,27H,16H2,1-7H3/t23-,27-/m0/s1. The third-order valence-electron chi connectivity index (χ3n) is 7.21. The van der Waals surface area contributed by atoms with Gasteiger partial charge in [-0.15, -0.1) is 0 Å². The molecule has 0 spiro atoms. The minimum Gasteiger partial charge on any atom is -0.542 e. The van der Waals surface area contributed by atoms with E-state index < -0.39 is 8.32 Å². The summed E-state index contributed by atoms with van der Waals surface area (Å²) in [4.78, 5) is 13.0. The fourth-order valence-electron chi connectivity index (χ4n) is 5.74. The lowest BCUT2D eigenvalue weighted by Crippen LogP contribution is -2.47. The lowest BCUT2D eigenvalue weighted by atomic mass is 9.77. The lowest BCUT2D eigenvalue weighted by molar-refractivity contribution is -0.143. The van der Waals surface area contributed by atoms with Crippen LogP contribution in [0.5, 0.6) is 0 Å². The second-order valence-electron chi connectivity index (χ2n) is 10.0. The maximum absolute atomic E-state index is 13.0. The number of esters is 1. The molecule has 0 aliphatic heterocycles. The highest BCUT2D eigenvalue weighted by Gasteiger charge is 2.48. The Hall–Kier alpha value is -1.85. The molecule has 3 nitrogen and oxygen atoms in total. The van der Waals surface area contributed by atoms with Gasteiger partial charge in [-0.25, -0.2) is 0 Å². The zero-order chi connectivity index (χ0) is 24.3. The topological polar surface area (TPSA) is 35.5 Å². The van der Waals surface area contributed by atoms with Crippen LogP contribution in [0.4, 0.5) is 0 Å². The molecule has 5 heteroatoms. The van der Waals surface area contributed by atoms with Crippen LogP contribution < -0.4 is 0 Å². The highest BCUT2D eigenvalue weighted by molar-refractivity contribution is 9.10. The Kier molecular flexibility index (Phi) is 8.28. The number of halogens is 1. The second kappa shape index (κ2) is 10.6. The number of rotatable bonds is 8. The molecule has 1 aliphatic rings. The summed E-state index contributed by atoms with van der Waals surface area (Å²) in [7, 11) is -0.688. The molecule has 2 aromatic rings. The van der Waals surface area contributed by atoms with Crippen LogP contribution in [0.1, 0.15) is 64.2 Å². The van der Waals surface area contributed by atoms with E-state index in [9.17, 15) is 4.79 Å². The zero-order valence-electron chi connectivity index (χ0n) is 20.9. The van der Waals surface area contributed by atoms with Crippen molar-refractivity contribution in [2.45, 2.75) is 70.5 Å². The first-order valence-corrected chi connectivity index (χ1v) is 14.9. The summed E-state index contributed by atoms with van der Waals surface area (Å²) >= 11 is 3.51. The maximum Gasteiger partial charge on any atom is 0.313 e. The third-order valence-corrected chi connectivity index (χ3v) is 13.7. The van der Waals surface area contributed by atoms with E-state index in [1.165, 1.54) is 12.7 Å². The molecular formula is C28H37BrO3Si. The van der Waals surface area contributed by atoms with Crippen LogP contribution in [0.3, 0.4) is 0 Å². The van der Waals surface area contributed by atoms with Gasteiger partial charge in [0.05, 0.1) is 13.0 Å². The lowest BCUT2D eigenvalue weighted by Gasteiger charge is -2.44. The molecule has 3 rings (SSSR count). The number of carbonyl (C=O) groups is 1. The smallest absolute Gasteiger partial charge is 0.313 e. The maximum atomic E-state index is 13.0. The molecular weight excluding hydrogens is 492 g/mol. The summed E-state index contributed by atoms with van der Waals surface area (Å²) in [5.74, 6) is 0.304. The van der Waals surface area contributed by atoms with E-state index >= 15 is 0 Å². The van der Waals surface area contributed by atoms with Crippen molar-refractivity contribution in [3.8, 4) is 0 Å². The van der Waals surface area contributed by atoms with Crippen molar-refractivity contribution in [3.63, 3.8) is 0 Å². The van der Waals surface area contributed by atoms with Crippen molar-refractivity contribution >= 4 is 36.0 Å². The molecule has 2 aromatic carbocycles. The number of fused-ring (bicyclic) bond motifs is 1. The summed E-state index contributed by atoms with van der Waals surface area (Å²) in [6.45, 7) is 13.8. The first-order valence-electron chi connectivity index (χ1n) is 11.9. The van der Waals surface area contributed by atoms with E-state index in [1.54, 1.807) is 0 Å². The van der Waals surface area contributed by atoms with E-state index in [-0.39, 0.29) is 17.8 Å². The molecule has 0 fully saturated rings. The Morgan fingerprint density at radius 3 is 2.06 bits per heavy atom. The van der Waals surface area contributed by atoms with Crippen LogP contribution in [-0.4, -0.2) is 21.4 Å². The van der Waals surface area contributed by atoms with Crippen LogP contribution in [0.2, 0.25) is 16.6 Å². The third kappa shape index (κ3) is 5.14. The van der Waals surface area contributed by atoms with Crippen molar-refractivity contribution in [1.82, 2.24) is 0 Å². The van der Waals surface area contributed by atoms with Crippen molar-refractivity contribution < 1.29 is 14.0 Å². The van der Waals surface area contributed by atoms with Gasteiger partial charge in [0.15, 0.2) is 0 Å². The van der Waals surface area contributed by atoms with Crippen LogP contribution in [0.25, 0.3) is 5.76 Å². The normalized spacial score (nSPS) is 17.1. The van der Waals surface area contributed by atoms with Crippen LogP contribution in [0, 0.1) is 5.92 Å². The summed E-state index contributed by atoms with van der Waals surface area (Å²) in [6, 6.07) is 16.5. The van der Waals surface area contributed by atoms with Crippen molar-refractivity contribution in [2.24, 2.45) is 5.92 Å². The molecule has 178 valence electrons. The average molecular weight is 530 g/mol. The Bertz CT molecular complexity index is 973. The minimum atomic E-state index is -2.16. The van der Waals surface area contributed by atoms with Crippen LogP contribution >= 0.6 is 15.9 Å². The molecule has 33 heavy (non-hydrogen) atoms. The van der Waals surface area contributed by atoms with E-state index in [1.807, 2.05) is 24.3 Å². The number of hydrogen-bond acceptors (Lipinski definition) is 3. The zero-order valence-corrected chi connectivity index (χ0v) is 23.5. The summed E-state index contributed by atoms with van der Waals surface area (Å²) in [5.41, 5.74) is 4.75. The monoisotopic (exact) mass is 528 g/mol. The number of carbonyl (C=O) groups excluding carboxylic acids is 1. The highest BCUT2D eigenvalue weighted by atomic mass is 79.9. The Morgan fingerprint density at radius 2 is 1.52 bits per heavy atom. The van der Waals surface area contributed by atoms with Gasteiger partial charge in [0.25, 0.3) is 8.32 Å². The Balaban J connectivity index is 2.13. The van der Waals surface area contributed by atoms with Crippen molar-refractivity contribution in [3.05, 3.63) is 75.8 Å². The van der Waals surface area contributed by atoms with Gasteiger partial charge in [-0.2, -0.15) is 0 Å². The van der Waals surface area contributed by atoms with Crippen LogP contribution in [0.15, 0.2) is 59.1 Å². The number of methoxy groups -OCH3 is 1. The number of allylic oxidation sites excluding steroid dienone is 1. The molecule has 0 saturated carbocycles. The molecule has 0 unspecified atom stereocenters. The first-order chi connectivity index (χ1) is 15.6.